The fraction of sp³-hybridized carbons (Fsp3) is 0.391. The lowest BCUT2D eigenvalue weighted by atomic mass is 10.2. The average Bonchev–Trinajstić information content (AvgIpc) is 2.68. The lowest BCUT2D eigenvalue weighted by Gasteiger charge is -2.07. The Morgan fingerprint density at radius 1 is 1.11 bits per heavy atom. The first kappa shape index (κ1) is 22.4. The van der Waals surface area contributed by atoms with Crippen LogP contribution in [0.4, 0.5) is 0 Å². The standard InChI is InChI=1S/C23H32N2O2/c1-5-7-9-11-17-26-20(3)13-15-24-21(4)23-19-22(14-16-25-23)27-18-12-10-8-6-2/h5-6,13-16,19H,1-3,7-12,17-18H2,4H3/b15-13-,24-21?. The molecule has 0 atom stereocenters. The van der Waals surface area contributed by atoms with E-state index in [1.165, 1.54) is 0 Å². The Bertz CT molecular complexity index is 648. The van der Waals surface area contributed by atoms with E-state index in [4.69, 9.17) is 9.47 Å². The number of rotatable bonds is 15. The highest BCUT2D eigenvalue weighted by atomic mass is 16.5. The number of pyridine rings is 1. The van der Waals surface area contributed by atoms with Crippen molar-refractivity contribution in [1.82, 2.24) is 4.98 Å². The van der Waals surface area contributed by atoms with Gasteiger partial charge in [0.05, 0.1) is 24.6 Å². The third-order valence-electron chi connectivity index (χ3n) is 3.79. The molecule has 1 aromatic rings. The van der Waals surface area contributed by atoms with Crippen LogP contribution in [0.2, 0.25) is 0 Å². The van der Waals surface area contributed by atoms with Gasteiger partial charge in [0.1, 0.15) is 11.5 Å². The van der Waals surface area contributed by atoms with Crippen LogP contribution in [0.25, 0.3) is 0 Å². The van der Waals surface area contributed by atoms with Crippen LogP contribution in [0.5, 0.6) is 5.75 Å². The molecule has 1 rings (SSSR count). The molecule has 0 saturated carbocycles. The third kappa shape index (κ3) is 10.9. The van der Waals surface area contributed by atoms with Crippen molar-refractivity contribution in [2.24, 2.45) is 4.99 Å². The molecule has 0 unspecified atom stereocenters. The second kappa shape index (κ2) is 14.5. The second-order valence-electron chi connectivity index (χ2n) is 6.14. The first-order valence-corrected chi connectivity index (χ1v) is 9.51. The van der Waals surface area contributed by atoms with Crippen LogP contribution in [0.15, 0.2) is 73.2 Å². The highest BCUT2D eigenvalue weighted by Crippen LogP contribution is 2.13. The van der Waals surface area contributed by atoms with Gasteiger partial charge in [0, 0.05) is 18.5 Å². The van der Waals surface area contributed by atoms with E-state index < -0.39 is 0 Å². The third-order valence-corrected chi connectivity index (χ3v) is 3.79. The maximum absolute atomic E-state index is 5.77. The summed E-state index contributed by atoms with van der Waals surface area (Å²) in [6.07, 6.45) is 15.2. The number of hydrogen-bond acceptors (Lipinski definition) is 4. The number of allylic oxidation sites excluding steroid dienone is 3. The quantitative estimate of drug-likeness (QED) is 0.125. The molecule has 0 bridgehead atoms. The van der Waals surface area contributed by atoms with Gasteiger partial charge in [-0.3, -0.25) is 9.98 Å². The Balaban J connectivity index is 2.44. The molecule has 0 aliphatic heterocycles. The Kier molecular flexibility index (Phi) is 12.1. The summed E-state index contributed by atoms with van der Waals surface area (Å²) < 4.78 is 11.3. The molecule has 4 nitrogen and oxygen atoms in total. The van der Waals surface area contributed by atoms with Gasteiger partial charge in [0.2, 0.25) is 0 Å². The van der Waals surface area contributed by atoms with Gasteiger partial charge in [-0.25, -0.2) is 0 Å². The average molecular weight is 369 g/mol. The van der Waals surface area contributed by atoms with E-state index in [0.717, 1.165) is 55.7 Å². The van der Waals surface area contributed by atoms with Crippen LogP contribution in [-0.4, -0.2) is 23.9 Å². The van der Waals surface area contributed by atoms with E-state index in [1.54, 1.807) is 18.5 Å². The molecule has 0 aliphatic rings. The van der Waals surface area contributed by atoms with Crippen molar-refractivity contribution >= 4 is 5.71 Å². The first-order valence-electron chi connectivity index (χ1n) is 9.51. The summed E-state index contributed by atoms with van der Waals surface area (Å²) >= 11 is 0. The molecule has 0 amide bonds. The van der Waals surface area contributed by atoms with E-state index in [2.05, 4.69) is 29.7 Å². The van der Waals surface area contributed by atoms with E-state index in [0.29, 0.717) is 19.0 Å². The van der Waals surface area contributed by atoms with Crippen LogP contribution >= 0.6 is 0 Å². The molecule has 4 heteroatoms. The lowest BCUT2D eigenvalue weighted by molar-refractivity contribution is 0.219. The lowest BCUT2D eigenvalue weighted by Crippen LogP contribution is -2.01. The molecular formula is C23H32N2O2. The Morgan fingerprint density at radius 2 is 1.81 bits per heavy atom. The van der Waals surface area contributed by atoms with E-state index in [-0.39, 0.29) is 0 Å². The number of ether oxygens (including phenoxy) is 2. The van der Waals surface area contributed by atoms with Gasteiger partial charge in [-0.05, 0) is 57.6 Å². The Labute approximate surface area is 164 Å². The number of hydrogen-bond donors (Lipinski definition) is 0. The monoisotopic (exact) mass is 368 g/mol. The second-order valence-corrected chi connectivity index (χ2v) is 6.14. The van der Waals surface area contributed by atoms with Gasteiger partial charge in [0.25, 0.3) is 0 Å². The predicted molar refractivity (Wildman–Crippen MR) is 114 cm³/mol. The minimum absolute atomic E-state index is 0.606. The van der Waals surface area contributed by atoms with Crippen molar-refractivity contribution in [2.75, 3.05) is 13.2 Å². The van der Waals surface area contributed by atoms with E-state index in [1.807, 2.05) is 31.2 Å². The summed E-state index contributed by atoms with van der Waals surface area (Å²) in [5.41, 5.74) is 1.60. The van der Waals surface area contributed by atoms with Gasteiger partial charge in [0.15, 0.2) is 0 Å². The van der Waals surface area contributed by atoms with Gasteiger partial charge in [-0.15, -0.1) is 13.2 Å². The molecule has 0 saturated heterocycles. The van der Waals surface area contributed by atoms with Gasteiger partial charge in [-0.2, -0.15) is 0 Å². The van der Waals surface area contributed by atoms with Gasteiger partial charge >= 0.3 is 0 Å². The van der Waals surface area contributed by atoms with Gasteiger partial charge in [-0.1, -0.05) is 18.7 Å². The van der Waals surface area contributed by atoms with E-state index in [9.17, 15) is 0 Å². The summed E-state index contributed by atoms with van der Waals surface area (Å²) in [4.78, 5) is 8.76. The number of aromatic nitrogens is 1. The molecule has 0 fully saturated rings. The number of nitrogens with zero attached hydrogens (tertiary/aromatic N) is 2. The molecule has 0 aromatic carbocycles. The maximum atomic E-state index is 5.77. The van der Waals surface area contributed by atoms with Crippen LogP contribution in [0, 0.1) is 0 Å². The molecule has 1 aromatic heterocycles. The zero-order valence-corrected chi connectivity index (χ0v) is 16.5. The Morgan fingerprint density at radius 3 is 2.52 bits per heavy atom. The SMILES string of the molecule is C=CCCCCOC(=C)/C=C\N=C(C)c1cc(OCCCCC=C)ccn1. The maximum Gasteiger partial charge on any atom is 0.123 e. The topological polar surface area (TPSA) is 43.7 Å². The summed E-state index contributed by atoms with van der Waals surface area (Å²) in [5, 5.41) is 0. The Hall–Kier alpha value is -2.62. The van der Waals surface area contributed by atoms with Crippen LogP contribution in [0.1, 0.15) is 51.1 Å². The normalized spacial score (nSPS) is 11.4. The summed E-state index contributed by atoms with van der Waals surface area (Å²) in [6, 6.07) is 3.77. The fourth-order valence-corrected chi connectivity index (χ4v) is 2.22. The van der Waals surface area contributed by atoms with Gasteiger partial charge < -0.3 is 9.47 Å². The molecule has 1 heterocycles. The minimum atomic E-state index is 0.606. The predicted octanol–water partition coefficient (Wildman–Crippen LogP) is 6.03. The zero-order chi connectivity index (χ0) is 19.7. The van der Waals surface area contributed by atoms with Crippen molar-refractivity contribution in [3.63, 3.8) is 0 Å². The summed E-state index contributed by atoms with van der Waals surface area (Å²) in [5.74, 6) is 1.42. The van der Waals surface area contributed by atoms with Crippen molar-refractivity contribution in [2.45, 2.75) is 45.4 Å². The summed E-state index contributed by atoms with van der Waals surface area (Å²) in [7, 11) is 0. The molecular weight excluding hydrogens is 336 g/mol. The molecule has 0 radical (unpaired) electrons. The highest BCUT2D eigenvalue weighted by Gasteiger charge is 2.01. The van der Waals surface area contributed by atoms with Crippen molar-refractivity contribution < 1.29 is 9.47 Å². The summed E-state index contributed by atoms with van der Waals surface area (Å²) in [6.45, 7) is 14.6. The molecule has 0 aliphatic carbocycles. The number of unbranched alkanes of at least 4 members (excludes halogenated alkanes) is 4. The zero-order valence-electron chi connectivity index (χ0n) is 16.5. The van der Waals surface area contributed by atoms with Crippen molar-refractivity contribution in [3.05, 3.63) is 73.9 Å². The van der Waals surface area contributed by atoms with Crippen LogP contribution in [0.3, 0.4) is 0 Å². The first-order chi connectivity index (χ1) is 13.2. The minimum Gasteiger partial charge on any atom is -0.494 e. The highest BCUT2D eigenvalue weighted by molar-refractivity contribution is 5.97. The van der Waals surface area contributed by atoms with Crippen molar-refractivity contribution in [1.29, 1.82) is 0 Å². The largest absolute Gasteiger partial charge is 0.494 e. The molecule has 146 valence electrons. The smallest absolute Gasteiger partial charge is 0.123 e. The molecule has 0 N–H and O–H groups in total. The number of aliphatic imine (C=N–C) groups is 1. The molecule has 27 heavy (non-hydrogen) atoms. The van der Waals surface area contributed by atoms with Crippen molar-refractivity contribution in [3.8, 4) is 5.75 Å². The van der Waals surface area contributed by atoms with Crippen LogP contribution < -0.4 is 4.74 Å². The molecule has 0 spiro atoms. The fourth-order valence-electron chi connectivity index (χ4n) is 2.22. The van der Waals surface area contributed by atoms with E-state index >= 15 is 0 Å². The van der Waals surface area contributed by atoms with Crippen LogP contribution in [-0.2, 0) is 4.74 Å².